The fourth-order valence-electron chi connectivity index (χ4n) is 0.646. The molecule has 2 atom stereocenters. The molecule has 5 nitrogen and oxygen atoms in total. The Morgan fingerprint density at radius 3 is 1.83 bits per heavy atom. The SMILES string of the molecule is CC(C)C(O)C(O)C(=O)C(=O)O. The predicted molar refractivity (Wildman–Crippen MR) is 39.5 cm³/mol. The van der Waals surface area contributed by atoms with Gasteiger partial charge in [-0.15, -0.1) is 0 Å². The maximum atomic E-state index is 10.6. The van der Waals surface area contributed by atoms with E-state index in [9.17, 15) is 9.59 Å². The monoisotopic (exact) mass is 176 g/mol. The highest BCUT2D eigenvalue weighted by atomic mass is 16.4. The van der Waals surface area contributed by atoms with Crippen molar-refractivity contribution in [2.24, 2.45) is 5.92 Å². The lowest BCUT2D eigenvalue weighted by Gasteiger charge is -2.17. The van der Waals surface area contributed by atoms with Crippen LogP contribution < -0.4 is 0 Å². The second-order valence-corrected chi connectivity index (χ2v) is 2.85. The van der Waals surface area contributed by atoms with Gasteiger partial charge in [-0.1, -0.05) is 13.8 Å². The first-order valence-corrected chi connectivity index (χ1v) is 3.51. The van der Waals surface area contributed by atoms with Crippen LogP contribution in [-0.4, -0.2) is 39.3 Å². The lowest BCUT2D eigenvalue weighted by molar-refractivity contribution is -0.157. The number of ketones is 1. The zero-order valence-corrected chi connectivity index (χ0v) is 6.89. The van der Waals surface area contributed by atoms with Gasteiger partial charge in [-0.05, 0) is 5.92 Å². The zero-order chi connectivity index (χ0) is 9.89. The minimum absolute atomic E-state index is 0.358. The number of aliphatic hydroxyl groups excluding tert-OH is 2. The van der Waals surface area contributed by atoms with E-state index in [-0.39, 0.29) is 5.92 Å². The molecule has 0 bridgehead atoms. The Labute approximate surface area is 69.6 Å². The normalized spacial score (nSPS) is 15.8. The van der Waals surface area contributed by atoms with Crippen LogP contribution in [0.25, 0.3) is 0 Å². The summed E-state index contributed by atoms with van der Waals surface area (Å²) in [4.78, 5) is 20.6. The van der Waals surface area contributed by atoms with Crippen molar-refractivity contribution in [3.8, 4) is 0 Å². The smallest absolute Gasteiger partial charge is 0.375 e. The average molecular weight is 176 g/mol. The van der Waals surface area contributed by atoms with Crippen LogP contribution in [0.3, 0.4) is 0 Å². The van der Waals surface area contributed by atoms with Gasteiger partial charge < -0.3 is 15.3 Å². The Bertz CT molecular complexity index is 186. The van der Waals surface area contributed by atoms with E-state index in [0.717, 1.165) is 0 Å². The zero-order valence-electron chi connectivity index (χ0n) is 6.89. The van der Waals surface area contributed by atoms with Crippen LogP contribution in [-0.2, 0) is 9.59 Å². The van der Waals surface area contributed by atoms with Crippen molar-refractivity contribution in [3.63, 3.8) is 0 Å². The van der Waals surface area contributed by atoms with Gasteiger partial charge in [0.15, 0.2) is 0 Å². The molecule has 0 heterocycles. The average Bonchev–Trinajstić information content (AvgIpc) is 2.00. The molecule has 5 heteroatoms. The summed E-state index contributed by atoms with van der Waals surface area (Å²) in [5.74, 6) is -3.47. The molecule has 0 aliphatic carbocycles. The van der Waals surface area contributed by atoms with E-state index in [1.165, 1.54) is 0 Å². The van der Waals surface area contributed by atoms with Crippen molar-refractivity contribution in [1.82, 2.24) is 0 Å². The molecule has 0 fully saturated rings. The van der Waals surface area contributed by atoms with Gasteiger partial charge in [0, 0.05) is 0 Å². The fraction of sp³-hybridized carbons (Fsp3) is 0.714. The summed E-state index contributed by atoms with van der Waals surface area (Å²) < 4.78 is 0. The third-order valence-electron chi connectivity index (χ3n) is 1.49. The van der Waals surface area contributed by atoms with Crippen molar-refractivity contribution in [3.05, 3.63) is 0 Å². The van der Waals surface area contributed by atoms with E-state index in [4.69, 9.17) is 15.3 Å². The molecule has 0 amide bonds. The molecule has 70 valence electrons. The van der Waals surface area contributed by atoms with E-state index in [1.54, 1.807) is 13.8 Å². The number of carbonyl (C=O) groups is 2. The number of Topliss-reactive ketones (excluding diaryl/α,β-unsaturated/α-hetero) is 1. The van der Waals surface area contributed by atoms with Crippen molar-refractivity contribution in [2.45, 2.75) is 26.1 Å². The first kappa shape index (κ1) is 11.1. The first-order valence-electron chi connectivity index (χ1n) is 3.51. The fourth-order valence-corrected chi connectivity index (χ4v) is 0.646. The Hall–Kier alpha value is -0.940. The summed E-state index contributed by atoms with van der Waals surface area (Å²) in [6.45, 7) is 3.14. The molecule has 0 spiro atoms. The van der Waals surface area contributed by atoms with Crippen LogP contribution in [0.1, 0.15) is 13.8 Å². The molecule has 0 aliphatic rings. The lowest BCUT2D eigenvalue weighted by Crippen LogP contribution is -2.40. The summed E-state index contributed by atoms with van der Waals surface area (Å²) >= 11 is 0. The van der Waals surface area contributed by atoms with Crippen LogP contribution in [0, 0.1) is 5.92 Å². The van der Waals surface area contributed by atoms with Gasteiger partial charge in [0.25, 0.3) is 5.78 Å². The molecule has 2 unspecified atom stereocenters. The molecule has 0 aromatic heterocycles. The van der Waals surface area contributed by atoms with Crippen LogP contribution in [0.4, 0.5) is 0 Å². The Morgan fingerprint density at radius 2 is 1.58 bits per heavy atom. The summed E-state index contributed by atoms with van der Waals surface area (Å²) in [7, 11) is 0. The largest absolute Gasteiger partial charge is 0.475 e. The number of aliphatic carboxylic acids is 1. The third kappa shape index (κ3) is 2.60. The summed E-state index contributed by atoms with van der Waals surface area (Å²) in [6.07, 6.45) is -3.16. The van der Waals surface area contributed by atoms with Crippen LogP contribution in [0.15, 0.2) is 0 Å². The number of carboxylic acids is 1. The highest BCUT2D eigenvalue weighted by Gasteiger charge is 2.30. The lowest BCUT2D eigenvalue weighted by atomic mass is 9.99. The van der Waals surface area contributed by atoms with Crippen LogP contribution in [0.2, 0.25) is 0 Å². The van der Waals surface area contributed by atoms with Crippen molar-refractivity contribution < 1.29 is 24.9 Å². The predicted octanol–water partition coefficient (Wildman–Crippen LogP) is -0.982. The second-order valence-electron chi connectivity index (χ2n) is 2.85. The van der Waals surface area contributed by atoms with Gasteiger partial charge in [0.1, 0.15) is 6.10 Å². The molecular formula is C7H12O5. The van der Waals surface area contributed by atoms with Crippen LogP contribution >= 0.6 is 0 Å². The molecule has 0 aliphatic heterocycles. The molecule has 0 aromatic carbocycles. The number of hydrogen-bond acceptors (Lipinski definition) is 4. The third-order valence-corrected chi connectivity index (χ3v) is 1.49. The molecule has 3 N–H and O–H groups in total. The maximum absolute atomic E-state index is 10.6. The summed E-state index contributed by atoms with van der Waals surface area (Å²) in [6, 6.07) is 0. The first-order chi connectivity index (χ1) is 5.37. The highest BCUT2D eigenvalue weighted by molar-refractivity contribution is 6.34. The standard InChI is InChI=1S/C7H12O5/c1-3(2)4(8)5(9)6(10)7(11)12/h3-5,8-9H,1-2H3,(H,11,12). The molecular weight excluding hydrogens is 164 g/mol. The maximum Gasteiger partial charge on any atom is 0.375 e. The number of hydrogen-bond donors (Lipinski definition) is 3. The van der Waals surface area contributed by atoms with E-state index in [2.05, 4.69) is 0 Å². The minimum atomic E-state index is -1.83. The van der Waals surface area contributed by atoms with Crippen LogP contribution in [0.5, 0.6) is 0 Å². The van der Waals surface area contributed by atoms with Gasteiger partial charge in [-0.2, -0.15) is 0 Å². The molecule has 0 saturated carbocycles. The Balaban J connectivity index is 4.29. The Morgan fingerprint density at radius 1 is 1.17 bits per heavy atom. The molecule has 0 aromatic rings. The topological polar surface area (TPSA) is 94.8 Å². The molecule has 0 saturated heterocycles. The summed E-state index contributed by atoms with van der Waals surface area (Å²) in [5.41, 5.74) is 0. The molecule has 0 rings (SSSR count). The van der Waals surface area contributed by atoms with Crippen molar-refractivity contribution in [1.29, 1.82) is 0 Å². The quantitative estimate of drug-likeness (QED) is 0.478. The summed E-state index contributed by atoms with van der Waals surface area (Å²) in [5, 5.41) is 26.2. The van der Waals surface area contributed by atoms with E-state index in [1.807, 2.05) is 0 Å². The minimum Gasteiger partial charge on any atom is -0.475 e. The number of carbonyl (C=O) groups excluding carboxylic acids is 1. The second kappa shape index (κ2) is 4.18. The van der Waals surface area contributed by atoms with E-state index in [0.29, 0.717) is 0 Å². The van der Waals surface area contributed by atoms with Gasteiger partial charge in [0.2, 0.25) is 0 Å². The van der Waals surface area contributed by atoms with Crippen molar-refractivity contribution in [2.75, 3.05) is 0 Å². The van der Waals surface area contributed by atoms with Gasteiger partial charge in [0.05, 0.1) is 6.10 Å². The van der Waals surface area contributed by atoms with Gasteiger partial charge in [-0.25, -0.2) is 4.79 Å². The van der Waals surface area contributed by atoms with Gasteiger partial charge in [-0.3, -0.25) is 4.79 Å². The van der Waals surface area contributed by atoms with Crippen molar-refractivity contribution >= 4 is 11.8 Å². The molecule has 0 radical (unpaired) electrons. The van der Waals surface area contributed by atoms with E-state index < -0.39 is 24.0 Å². The Kier molecular flexibility index (Phi) is 3.85. The molecule has 12 heavy (non-hydrogen) atoms. The number of rotatable bonds is 4. The number of aliphatic hydroxyl groups is 2. The number of carboxylic acid groups (broad SMARTS) is 1. The van der Waals surface area contributed by atoms with Gasteiger partial charge >= 0.3 is 5.97 Å². The van der Waals surface area contributed by atoms with E-state index >= 15 is 0 Å². The highest BCUT2D eigenvalue weighted by Crippen LogP contribution is 2.06.